The molecule has 6 heteroatoms. The Hall–Kier alpha value is -1.37. The van der Waals surface area contributed by atoms with Gasteiger partial charge in [0.25, 0.3) is 0 Å². The zero-order valence-electron chi connectivity index (χ0n) is 11.4. The second kappa shape index (κ2) is 6.60. The number of hydrogen-bond donors (Lipinski definition) is 2. The molecule has 0 radical (unpaired) electrons. The summed E-state index contributed by atoms with van der Waals surface area (Å²) in [5.74, 6) is 0. The Morgan fingerprint density at radius 3 is 2.62 bits per heavy atom. The van der Waals surface area contributed by atoms with E-state index in [-0.39, 0.29) is 12.1 Å². The molecule has 2 N–H and O–H groups in total. The van der Waals surface area contributed by atoms with E-state index in [4.69, 9.17) is 0 Å². The summed E-state index contributed by atoms with van der Waals surface area (Å²) in [6.07, 6.45) is -5.36. The number of alkyl halides is 3. The van der Waals surface area contributed by atoms with Gasteiger partial charge in [0.2, 0.25) is 0 Å². The minimum Gasteiger partial charge on any atom is -0.387 e. The van der Waals surface area contributed by atoms with Crippen molar-refractivity contribution in [1.29, 1.82) is 0 Å². The Kier molecular flexibility index (Phi) is 5.03. The Labute approximate surface area is 125 Å². The number of benzene rings is 1. The Morgan fingerprint density at radius 1 is 1.24 bits per heavy atom. The highest BCUT2D eigenvalue weighted by molar-refractivity contribution is 7.11. The number of thiophene rings is 1. The van der Waals surface area contributed by atoms with E-state index >= 15 is 0 Å². The van der Waals surface area contributed by atoms with Gasteiger partial charge >= 0.3 is 6.18 Å². The molecule has 2 rings (SSSR count). The van der Waals surface area contributed by atoms with Gasteiger partial charge in [-0.3, -0.25) is 0 Å². The SMILES string of the molecule is Cc1ccc(CNCC(O)c2cccc(C(F)(F)F)c2)s1. The topological polar surface area (TPSA) is 32.3 Å². The van der Waals surface area contributed by atoms with Gasteiger partial charge in [0, 0.05) is 22.8 Å². The van der Waals surface area contributed by atoms with Gasteiger partial charge in [0.15, 0.2) is 0 Å². The number of halogens is 3. The zero-order valence-corrected chi connectivity index (χ0v) is 12.3. The first-order valence-electron chi connectivity index (χ1n) is 6.47. The minimum absolute atomic E-state index is 0.207. The van der Waals surface area contributed by atoms with Gasteiger partial charge < -0.3 is 10.4 Å². The molecule has 0 spiro atoms. The van der Waals surface area contributed by atoms with Crippen molar-refractivity contribution in [2.24, 2.45) is 0 Å². The van der Waals surface area contributed by atoms with Gasteiger partial charge in [-0.25, -0.2) is 0 Å². The molecular formula is C15H16F3NOS. The van der Waals surface area contributed by atoms with Crippen LogP contribution in [-0.2, 0) is 12.7 Å². The largest absolute Gasteiger partial charge is 0.416 e. The Balaban J connectivity index is 1.92. The maximum absolute atomic E-state index is 12.6. The van der Waals surface area contributed by atoms with Crippen LogP contribution in [0.4, 0.5) is 13.2 Å². The lowest BCUT2D eigenvalue weighted by molar-refractivity contribution is -0.137. The third kappa shape index (κ3) is 4.56. The van der Waals surface area contributed by atoms with Gasteiger partial charge in [-0.1, -0.05) is 12.1 Å². The van der Waals surface area contributed by atoms with Crippen molar-refractivity contribution in [3.63, 3.8) is 0 Å². The van der Waals surface area contributed by atoms with Gasteiger partial charge in [0.1, 0.15) is 0 Å². The van der Waals surface area contributed by atoms with Crippen LogP contribution in [0.25, 0.3) is 0 Å². The highest BCUT2D eigenvalue weighted by Crippen LogP contribution is 2.30. The first-order chi connectivity index (χ1) is 9.86. The molecule has 1 aromatic carbocycles. The molecule has 1 unspecified atom stereocenters. The number of nitrogens with one attached hydrogen (secondary N) is 1. The van der Waals surface area contributed by atoms with Crippen LogP contribution in [0.2, 0.25) is 0 Å². The molecule has 0 fully saturated rings. The van der Waals surface area contributed by atoms with E-state index in [9.17, 15) is 18.3 Å². The summed E-state index contributed by atoms with van der Waals surface area (Å²) in [6.45, 7) is 2.80. The average Bonchev–Trinajstić information content (AvgIpc) is 2.83. The molecule has 0 amide bonds. The summed E-state index contributed by atoms with van der Waals surface area (Å²) in [5, 5.41) is 13.0. The number of aliphatic hydroxyl groups is 1. The molecule has 0 aliphatic carbocycles. The summed E-state index contributed by atoms with van der Waals surface area (Å²) in [6, 6.07) is 8.79. The molecule has 1 atom stereocenters. The Bertz CT molecular complexity index is 595. The molecule has 21 heavy (non-hydrogen) atoms. The quantitative estimate of drug-likeness (QED) is 0.877. The molecule has 0 bridgehead atoms. The van der Waals surface area contributed by atoms with Gasteiger partial charge in [0.05, 0.1) is 11.7 Å². The third-order valence-corrected chi connectivity index (χ3v) is 4.03. The maximum atomic E-state index is 12.6. The summed E-state index contributed by atoms with van der Waals surface area (Å²) in [4.78, 5) is 2.33. The highest BCUT2D eigenvalue weighted by Gasteiger charge is 2.30. The standard InChI is InChI=1S/C15H16F3NOS/c1-10-5-6-13(21-10)8-19-9-14(20)11-3-2-4-12(7-11)15(16,17)18/h2-7,14,19-20H,8-9H2,1H3. The van der Waals surface area contributed by atoms with Crippen molar-refractivity contribution in [1.82, 2.24) is 5.32 Å². The predicted molar refractivity (Wildman–Crippen MR) is 77.2 cm³/mol. The van der Waals surface area contributed by atoms with Crippen LogP contribution in [0.1, 0.15) is 27.0 Å². The Morgan fingerprint density at radius 2 is 2.00 bits per heavy atom. The first-order valence-corrected chi connectivity index (χ1v) is 7.29. The second-order valence-corrected chi connectivity index (χ2v) is 6.15. The van der Waals surface area contributed by atoms with Crippen molar-refractivity contribution < 1.29 is 18.3 Å². The van der Waals surface area contributed by atoms with E-state index in [1.807, 2.05) is 19.1 Å². The highest BCUT2D eigenvalue weighted by atomic mass is 32.1. The molecule has 0 aliphatic rings. The monoisotopic (exact) mass is 315 g/mol. The third-order valence-electron chi connectivity index (χ3n) is 3.03. The maximum Gasteiger partial charge on any atom is 0.416 e. The number of hydrogen-bond acceptors (Lipinski definition) is 3. The number of rotatable bonds is 5. The van der Waals surface area contributed by atoms with E-state index in [0.717, 1.165) is 17.0 Å². The van der Waals surface area contributed by atoms with E-state index in [1.54, 1.807) is 11.3 Å². The summed E-state index contributed by atoms with van der Waals surface area (Å²) in [7, 11) is 0. The van der Waals surface area contributed by atoms with Crippen molar-refractivity contribution >= 4 is 11.3 Å². The molecule has 114 valence electrons. The summed E-state index contributed by atoms with van der Waals surface area (Å²) in [5.41, 5.74) is -0.479. The van der Waals surface area contributed by atoms with E-state index < -0.39 is 17.8 Å². The number of aryl methyl sites for hydroxylation is 1. The van der Waals surface area contributed by atoms with Crippen molar-refractivity contribution in [2.75, 3.05) is 6.54 Å². The van der Waals surface area contributed by atoms with Crippen molar-refractivity contribution in [2.45, 2.75) is 25.7 Å². The molecule has 2 aromatic rings. The molecule has 1 heterocycles. The minimum atomic E-state index is -4.39. The second-order valence-electron chi connectivity index (χ2n) is 4.78. The van der Waals surface area contributed by atoms with Gasteiger partial charge in [-0.2, -0.15) is 13.2 Å². The fraction of sp³-hybridized carbons (Fsp3) is 0.333. The molecule has 1 aromatic heterocycles. The van der Waals surface area contributed by atoms with Crippen LogP contribution >= 0.6 is 11.3 Å². The van der Waals surface area contributed by atoms with Crippen LogP contribution in [-0.4, -0.2) is 11.7 Å². The van der Waals surface area contributed by atoms with Crippen LogP contribution in [0.3, 0.4) is 0 Å². The molecular weight excluding hydrogens is 299 g/mol. The van der Waals surface area contributed by atoms with Gasteiger partial charge in [-0.15, -0.1) is 11.3 Å². The molecule has 2 nitrogen and oxygen atoms in total. The van der Waals surface area contributed by atoms with Crippen molar-refractivity contribution in [3.05, 3.63) is 57.3 Å². The fourth-order valence-corrected chi connectivity index (χ4v) is 2.81. The lowest BCUT2D eigenvalue weighted by Gasteiger charge is -2.14. The normalized spacial score (nSPS) is 13.4. The van der Waals surface area contributed by atoms with E-state index in [1.165, 1.54) is 17.0 Å². The van der Waals surface area contributed by atoms with Crippen LogP contribution in [0.15, 0.2) is 36.4 Å². The average molecular weight is 315 g/mol. The van der Waals surface area contributed by atoms with Crippen LogP contribution in [0, 0.1) is 6.92 Å². The van der Waals surface area contributed by atoms with E-state index in [0.29, 0.717) is 6.54 Å². The van der Waals surface area contributed by atoms with Gasteiger partial charge in [-0.05, 0) is 36.8 Å². The molecule has 0 saturated carbocycles. The van der Waals surface area contributed by atoms with E-state index in [2.05, 4.69) is 5.32 Å². The zero-order chi connectivity index (χ0) is 15.5. The molecule has 0 saturated heterocycles. The number of aliphatic hydroxyl groups excluding tert-OH is 1. The van der Waals surface area contributed by atoms with Crippen molar-refractivity contribution in [3.8, 4) is 0 Å². The predicted octanol–water partition coefficient (Wildman–Crippen LogP) is 3.90. The molecule has 0 aliphatic heterocycles. The lowest BCUT2D eigenvalue weighted by atomic mass is 10.1. The smallest absolute Gasteiger partial charge is 0.387 e. The fourth-order valence-electron chi connectivity index (χ4n) is 1.95. The lowest BCUT2D eigenvalue weighted by Crippen LogP contribution is -2.21. The first kappa shape index (κ1) is 16.0. The van der Waals surface area contributed by atoms with Crippen LogP contribution < -0.4 is 5.32 Å². The van der Waals surface area contributed by atoms with Crippen LogP contribution in [0.5, 0.6) is 0 Å². The summed E-state index contributed by atoms with van der Waals surface area (Å²) < 4.78 is 37.8. The summed E-state index contributed by atoms with van der Waals surface area (Å²) >= 11 is 1.65.